The Hall–Kier alpha value is -1.64. The number of halogens is 1. The van der Waals surface area contributed by atoms with Gasteiger partial charge in [-0.3, -0.25) is 4.79 Å². The second-order valence-corrected chi connectivity index (χ2v) is 9.34. The molecule has 0 unspecified atom stereocenters. The predicted molar refractivity (Wildman–Crippen MR) is 110 cm³/mol. The molecule has 0 spiro atoms. The van der Waals surface area contributed by atoms with Crippen LogP contribution in [0.3, 0.4) is 0 Å². The number of thiophene rings is 1. The van der Waals surface area contributed by atoms with Crippen molar-refractivity contribution in [3.05, 3.63) is 62.5 Å². The summed E-state index contributed by atoms with van der Waals surface area (Å²) in [7, 11) is 1.83. The van der Waals surface area contributed by atoms with E-state index in [1.165, 1.54) is 17.3 Å². The zero-order chi connectivity index (χ0) is 18.5. The molecule has 0 aliphatic rings. The largest absolute Gasteiger partial charge is 0.340 e. The van der Waals surface area contributed by atoms with Gasteiger partial charge in [0.15, 0.2) is 5.16 Å². The minimum absolute atomic E-state index is 0.0754. The van der Waals surface area contributed by atoms with Crippen LogP contribution in [0.15, 0.2) is 51.4 Å². The number of hydrogen-bond donors (Lipinski definition) is 0. The van der Waals surface area contributed by atoms with Crippen LogP contribution in [0.2, 0.25) is 0 Å². The van der Waals surface area contributed by atoms with Crippen molar-refractivity contribution >= 4 is 44.9 Å². The third-order valence-electron chi connectivity index (χ3n) is 3.86. The zero-order valence-electron chi connectivity index (χ0n) is 14.6. The molecule has 136 valence electrons. The molecule has 0 saturated carbocycles. The van der Waals surface area contributed by atoms with E-state index in [1.54, 1.807) is 16.2 Å². The van der Waals surface area contributed by atoms with Crippen LogP contribution in [0.25, 0.3) is 0 Å². The lowest BCUT2D eigenvalue weighted by molar-refractivity contribution is -0.127. The quantitative estimate of drug-likeness (QED) is 0.505. The number of aryl methyl sites for hydroxylation is 1. The van der Waals surface area contributed by atoms with E-state index in [2.05, 4.69) is 38.3 Å². The van der Waals surface area contributed by atoms with Crippen molar-refractivity contribution in [1.29, 1.82) is 0 Å². The molecule has 2 heterocycles. The van der Waals surface area contributed by atoms with Crippen LogP contribution in [0.1, 0.15) is 16.3 Å². The number of rotatable bonds is 7. The van der Waals surface area contributed by atoms with E-state index in [4.69, 9.17) is 0 Å². The van der Waals surface area contributed by atoms with E-state index < -0.39 is 0 Å². The van der Waals surface area contributed by atoms with Crippen molar-refractivity contribution in [3.8, 4) is 0 Å². The van der Waals surface area contributed by atoms with Gasteiger partial charge in [0.1, 0.15) is 5.82 Å². The molecule has 1 aromatic carbocycles. The lowest BCUT2D eigenvalue weighted by Gasteiger charge is -2.16. The lowest BCUT2D eigenvalue weighted by atomic mass is 10.2. The summed E-state index contributed by atoms with van der Waals surface area (Å²) in [5, 5.41) is 9.17. The molecule has 1 amide bonds. The van der Waals surface area contributed by atoms with E-state index in [-0.39, 0.29) is 5.91 Å². The fraction of sp³-hybridized carbons (Fsp3) is 0.278. The summed E-state index contributed by atoms with van der Waals surface area (Å²) in [4.78, 5) is 15.3. The molecule has 0 bridgehead atoms. The molecule has 26 heavy (non-hydrogen) atoms. The Morgan fingerprint density at radius 3 is 2.69 bits per heavy atom. The monoisotopic (exact) mass is 450 g/mol. The average Bonchev–Trinajstić information content (AvgIpc) is 3.20. The van der Waals surface area contributed by atoms with Gasteiger partial charge < -0.3 is 9.47 Å². The molecular formula is C18H19BrN4OS2. The van der Waals surface area contributed by atoms with Crippen LogP contribution in [-0.2, 0) is 17.9 Å². The molecule has 8 heteroatoms. The fourth-order valence-corrected chi connectivity index (χ4v) is 4.87. The first kappa shape index (κ1) is 19.1. The van der Waals surface area contributed by atoms with E-state index >= 15 is 0 Å². The topological polar surface area (TPSA) is 51.0 Å². The van der Waals surface area contributed by atoms with E-state index in [1.807, 2.05) is 48.9 Å². The maximum atomic E-state index is 12.4. The average molecular weight is 451 g/mol. The van der Waals surface area contributed by atoms with Crippen molar-refractivity contribution in [2.75, 3.05) is 12.8 Å². The molecule has 3 aromatic rings. The first-order valence-electron chi connectivity index (χ1n) is 8.07. The summed E-state index contributed by atoms with van der Waals surface area (Å²) >= 11 is 6.53. The third-order valence-corrected chi connectivity index (χ3v) is 6.42. The molecule has 0 fully saturated rings. The van der Waals surface area contributed by atoms with Gasteiger partial charge in [-0.05, 0) is 40.5 Å². The molecule has 0 radical (unpaired) electrons. The van der Waals surface area contributed by atoms with Crippen LogP contribution >= 0.6 is 39.0 Å². The van der Waals surface area contributed by atoms with Gasteiger partial charge >= 0.3 is 0 Å². The zero-order valence-corrected chi connectivity index (χ0v) is 17.8. The highest BCUT2D eigenvalue weighted by Crippen LogP contribution is 2.24. The minimum Gasteiger partial charge on any atom is -0.340 e. The van der Waals surface area contributed by atoms with Crippen molar-refractivity contribution in [2.24, 2.45) is 0 Å². The van der Waals surface area contributed by atoms with Crippen molar-refractivity contribution in [1.82, 2.24) is 19.7 Å². The van der Waals surface area contributed by atoms with Gasteiger partial charge in [-0.2, -0.15) is 0 Å². The molecule has 0 N–H and O–H groups in total. The van der Waals surface area contributed by atoms with Gasteiger partial charge in [0.2, 0.25) is 5.91 Å². The van der Waals surface area contributed by atoms with Crippen molar-refractivity contribution < 1.29 is 4.79 Å². The number of carbonyl (C=O) groups excluding carboxylic acids is 1. The summed E-state index contributed by atoms with van der Waals surface area (Å²) in [6, 6.07) is 14.2. The molecule has 5 nitrogen and oxygen atoms in total. The SMILES string of the molecule is Cc1nnc(SCC(=O)N(C)Cc2ccc(Br)s2)n1Cc1ccccc1. The van der Waals surface area contributed by atoms with Crippen LogP contribution in [0.5, 0.6) is 0 Å². The van der Waals surface area contributed by atoms with Crippen molar-refractivity contribution in [2.45, 2.75) is 25.2 Å². The molecule has 0 aliphatic carbocycles. The second kappa shape index (κ2) is 8.83. The Kier molecular flexibility index (Phi) is 6.50. The van der Waals surface area contributed by atoms with E-state index in [9.17, 15) is 4.79 Å². The molecule has 3 rings (SSSR count). The fourth-order valence-electron chi connectivity index (χ4n) is 2.41. The number of nitrogens with zero attached hydrogens (tertiary/aromatic N) is 4. The first-order chi connectivity index (χ1) is 12.5. The third kappa shape index (κ3) is 4.96. The number of carbonyl (C=O) groups is 1. The van der Waals surface area contributed by atoms with Crippen molar-refractivity contribution in [3.63, 3.8) is 0 Å². The van der Waals surface area contributed by atoms with Gasteiger partial charge in [0.25, 0.3) is 0 Å². The predicted octanol–water partition coefficient (Wildman–Crippen LogP) is 4.21. The summed E-state index contributed by atoms with van der Waals surface area (Å²) < 4.78 is 3.12. The number of amides is 1. The van der Waals surface area contributed by atoms with Gasteiger partial charge in [0.05, 0.1) is 22.6 Å². The normalized spacial score (nSPS) is 10.9. The molecular weight excluding hydrogens is 432 g/mol. The number of hydrogen-bond acceptors (Lipinski definition) is 5. The Labute approximate surface area is 169 Å². The maximum Gasteiger partial charge on any atom is 0.233 e. The highest BCUT2D eigenvalue weighted by molar-refractivity contribution is 9.11. The number of thioether (sulfide) groups is 1. The number of benzene rings is 1. The van der Waals surface area contributed by atoms with Crippen LogP contribution in [0, 0.1) is 6.92 Å². The molecule has 0 saturated heterocycles. The lowest BCUT2D eigenvalue weighted by Crippen LogP contribution is -2.27. The summed E-state index contributed by atoms with van der Waals surface area (Å²) in [6.07, 6.45) is 0. The molecule has 0 aliphatic heterocycles. The smallest absolute Gasteiger partial charge is 0.233 e. The second-order valence-electron chi connectivity index (χ2n) is 5.85. The molecule has 2 aromatic heterocycles. The highest BCUT2D eigenvalue weighted by atomic mass is 79.9. The van der Waals surface area contributed by atoms with Crippen LogP contribution < -0.4 is 0 Å². The summed E-state index contributed by atoms with van der Waals surface area (Å²) in [5.41, 5.74) is 1.18. The van der Waals surface area contributed by atoms with Crippen LogP contribution in [-0.4, -0.2) is 38.4 Å². The molecule has 0 atom stereocenters. The standard InChI is InChI=1S/C18H19BrN4OS2/c1-13-20-21-18(23(13)10-14-6-4-3-5-7-14)25-12-17(24)22(2)11-15-8-9-16(19)26-15/h3-9H,10-12H2,1-2H3. The van der Waals surface area contributed by atoms with Gasteiger partial charge in [0, 0.05) is 11.9 Å². The summed E-state index contributed by atoms with van der Waals surface area (Å²) in [6.45, 7) is 3.25. The maximum absolute atomic E-state index is 12.4. The Balaban J connectivity index is 1.60. The Bertz CT molecular complexity index is 878. The van der Waals surface area contributed by atoms with Gasteiger partial charge in [-0.25, -0.2) is 0 Å². The Morgan fingerprint density at radius 2 is 2.00 bits per heavy atom. The van der Waals surface area contributed by atoms with E-state index in [0.717, 1.165) is 19.6 Å². The Morgan fingerprint density at radius 1 is 1.23 bits per heavy atom. The van der Waals surface area contributed by atoms with Crippen LogP contribution in [0.4, 0.5) is 0 Å². The van der Waals surface area contributed by atoms with Gasteiger partial charge in [-0.1, -0.05) is 42.1 Å². The highest BCUT2D eigenvalue weighted by Gasteiger charge is 2.15. The van der Waals surface area contributed by atoms with Gasteiger partial charge in [-0.15, -0.1) is 21.5 Å². The minimum atomic E-state index is 0.0754. The first-order valence-corrected chi connectivity index (χ1v) is 10.7. The summed E-state index contributed by atoms with van der Waals surface area (Å²) in [5.74, 6) is 1.27. The number of aromatic nitrogens is 3. The van der Waals surface area contributed by atoms with E-state index in [0.29, 0.717) is 18.8 Å².